The highest BCUT2D eigenvalue weighted by Gasteiger charge is 2.30. The average Bonchev–Trinajstić information content (AvgIpc) is 2.88. The lowest BCUT2D eigenvalue weighted by atomic mass is 10.2. The van der Waals surface area contributed by atoms with E-state index in [1.165, 1.54) is 6.07 Å². The molecule has 0 fully saturated rings. The van der Waals surface area contributed by atoms with Crippen molar-refractivity contribution < 1.29 is 27.6 Å². The van der Waals surface area contributed by atoms with Crippen molar-refractivity contribution in [2.45, 2.75) is 33.5 Å². The van der Waals surface area contributed by atoms with E-state index < -0.39 is 13.6 Å². The molecule has 0 unspecified atom stereocenters. The van der Waals surface area contributed by atoms with Gasteiger partial charge in [-0.15, -0.1) is 0 Å². The molecular weight excluding hydrogens is 325 g/mol. The Morgan fingerprint density at radius 1 is 1.30 bits per heavy atom. The SMILES string of the molecule is CCOC(=O)c1oc(CN=[N+]=[N-])cc1CP(=O)(OCC)OCC. The van der Waals surface area contributed by atoms with Gasteiger partial charge in [0.1, 0.15) is 5.76 Å². The highest BCUT2D eigenvalue weighted by Crippen LogP contribution is 2.52. The van der Waals surface area contributed by atoms with Crippen LogP contribution in [0.15, 0.2) is 15.6 Å². The Balaban J connectivity index is 3.14. The Hall–Kier alpha value is -1.79. The fourth-order valence-electron chi connectivity index (χ4n) is 1.88. The van der Waals surface area contributed by atoms with Gasteiger partial charge in [-0.1, -0.05) is 5.11 Å². The van der Waals surface area contributed by atoms with Gasteiger partial charge >= 0.3 is 13.6 Å². The predicted octanol–water partition coefficient (Wildman–Crippen LogP) is 4.03. The van der Waals surface area contributed by atoms with Gasteiger partial charge in [0.2, 0.25) is 5.76 Å². The summed E-state index contributed by atoms with van der Waals surface area (Å²) in [7, 11) is -3.41. The maximum absolute atomic E-state index is 12.6. The molecule has 0 saturated carbocycles. The molecule has 0 spiro atoms. The summed E-state index contributed by atoms with van der Waals surface area (Å²) < 4.78 is 33.3. The van der Waals surface area contributed by atoms with Gasteiger partial charge in [0.05, 0.1) is 32.5 Å². The summed E-state index contributed by atoms with van der Waals surface area (Å²) in [6.07, 6.45) is -0.136. The molecule has 0 saturated heterocycles. The van der Waals surface area contributed by atoms with Gasteiger partial charge in [-0.2, -0.15) is 0 Å². The van der Waals surface area contributed by atoms with E-state index in [0.717, 1.165) is 0 Å². The van der Waals surface area contributed by atoms with Gasteiger partial charge in [0.25, 0.3) is 0 Å². The van der Waals surface area contributed by atoms with Crippen LogP contribution in [0.2, 0.25) is 0 Å². The van der Waals surface area contributed by atoms with Crippen LogP contribution in [0.5, 0.6) is 0 Å². The number of furan rings is 1. The Bertz CT molecular complexity index is 613. The molecule has 0 aliphatic rings. The van der Waals surface area contributed by atoms with Crippen LogP contribution in [0.3, 0.4) is 0 Å². The summed E-state index contributed by atoms with van der Waals surface area (Å²) in [4.78, 5) is 14.6. The highest BCUT2D eigenvalue weighted by atomic mass is 31.2. The molecular formula is C13H20N3O6P. The molecule has 1 heterocycles. The molecule has 10 heteroatoms. The van der Waals surface area contributed by atoms with Crippen LogP contribution in [-0.4, -0.2) is 25.8 Å². The van der Waals surface area contributed by atoms with Gasteiger partial charge in [0.15, 0.2) is 0 Å². The van der Waals surface area contributed by atoms with Crippen LogP contribution in [-0.2, 0) is 31.1 Å². The van der Waals surface area contributed by atoms with E-state index in [4.69, 9.17) is 23.7 Å². The summed E-state index contributed by atoms with van der Waals surface area (Å²) in [6.45, 7) is 5.55. The second-order valence-electron chi connectivity index (χ2n) is 4.28. The number of carbonyl (C=O) groups is 1. The van der Waals surface area contributed by atoms with Crippen LogP contribution in [0.4, 0.5) is 0 Å². The van der Waals surface area contributed by atoms with Crippen LogP contribution < -0.4 is 0 Å². The number of hydrogen-bond donors (Lipinski definition) is 0. The van der Waals surface area contributed by atoms with E-state index >= 15 is 0 Å². The van der Waals surface area contributed by atoms with Gasteiger partial charge in [-0.05, 0) is 32.4 Å². The first kappa shape index (κ1) is 19.3. The summed E-state index contributed by atoms with van der Waals surface area (Å²) in [5.41, 5.74) is 8.69. The Labute approximate surface area is 134 Å². The van der Waals surface area contributed by atoms with Crippen LogP contribution in [0, 0.1) is 0 Å². The number of carbonyl (C=O) groups excluding carboxylic acids is 1. The molecule has 0 radical (unpaired) electrons. The minimum atomic E-state index is -3.41. The number of esters is 1. The number of hydrogen-bond acceptors (Lipinski definition) is 7. The number of azide groups is 1. The number of ether oxygens (including phenoxy) is 1. The third-order valence-electron chi connectivity index (χ3n) is 2.63. The van der Waals surface area contributed by atoms with Crippen molar-refractivity contribution in [1.29, 1.82) is 0 Å². The van der Waals surface area contributed by atoms with Gasteiger partial charge < -0.3 is 18.2 Å². The van der Waals surface area contributed by atoms with Gasteiger partial charge in [-0.25, -0.2) is 4.79 Å². The largest absolute Gasteiger partial charge is 0.460 e. The smallest absolute Gasteiger partial charge is 0.374 e. The number of rotatable bonds is 10. The standard InChI is InChI=1S/C13H20N3O6P/c1-4-19-13(17)12-10(7-11(22-12)8-15-16-14)9-23(18,20-5-2)21-6-3/h7H,4-6,8-9H2,1-3H3. The molecule has 1 rings (SSSR count). The normalized spacial score (nSPS) is 11.1. The van der Waals surface area contributed by atoms with E-state index in [-0.39, 0.29) is 44.0 Å². The van der Waals surface area contributed by atoms with Crippen LogP contribution in [0.1, 0.15) is 42.6 Å². The number of nitrogens with zero attached hydrogens (tertiary/aromatic N) is 3. The molecule has 0 bridgehead atoms. The topological polar surface area (TPSA) is 124 Å². The Kier molecular flexibility index (Phi) is 7.85. The fourth-order valence-corrected chi connectivity index (χ4v) is 3.58. The molecule has 128 valence electrons. The molecule has 0 aliphatic carbocycles. The van der Waals surface area contributed by atoms with Crippen molar-refractivity contribution in [3.8, 4) is 0 Å². The van der Waals surface area contributed by atoms with E-state index in [1.807, 2.05) is 0 Å². The van der Waals surface area contributed by atoms with Crippen LogP contribution >= 0.6 is 7.60 Å². The molecule has 0 atom stereocenters. The van der Waals surface area contributed by atoms with Crippen molar-refractivity contribution in [1.82, 2.24) is 0 Å². The van der Waals surface area contributed by atoms with Crippen molar-refractivity contribution in [2.75, 3.05) is 19.8 Å². The molecule has 1 aromatic heterocycles. The maximum atomic E-state index is 12.6. The first-order valence-electron chi connectivity index (χ1n) is 7.17. The summed E-state index contributed by atoms with van der Waals surface area (Å²) in [5, 5.41) is 3.37. The first-order valence-corrected chi connectivity index (χ1v) is 8.90. The van der Waals surface area contributed by atoms with E-state index in [0.29, 0.717) is 5.56 Å². The fraction of sp³-hybridized carbons (Fsp3) is 0.615. The molecule has 0 N–H and O–H groups in total. The van der Waals surface area contributed by atoms with Crippen molar-refractivity contribution in [3.63, 3.8) is 0 Å². The van der Waals surface area contributed by atoms with Crippen molar-refractivity contribution >= 4 is 13.6 Å². The Morgan fingerprint density at radius 3 is 2.48 bits per heavy atom. The molecule has 9 nitrogen and oxygen atoms in total. The van der Waals surface area contributed by atoms with Gasteiger partial charge in [-0.3, -0.25) is 4.57 Å². The summed E-state index contributed by atoms with van der Waals surface area (Å²) >= 11 is 0. The lowest BCUT2D eigenvalue weighted by molar-refractivity contribution is 0.0486. The zero-order valence-electron chi connectivity index (χ0n) is 13.4. The monoisotopic (exact) mass is 345 g/mol. The molecule has 23 heavy (non-hydrogen) atoms. The minimum Gasteiger partial charge on any atom is -0.460 e. The summed E-state index contributed by atoms with van der Waals surface area (Å²) in [6, 6.07) is 1.49. The van der Waals surface area contributed by atoms with Crippen LogP contribution in [0.25, 0.3) is 10.4 Å². The lowest BCUT2D eigenvalue weighted by Crippen LogP contribution is -2.07. The van der Waals surface area contributed by atoms with Crippen molar-refractivity contribution in [3.05, 3.63) is 33.6 Å². The maximum Gasteiger partial charge on any atom is 0.374 e. The minimum absolute atomic E-state index is 0.0729. The second-order valence-corrected chi connectivity index (χ2v) is 6.34. The molecule has 0 aromatic carbocycles. The van der Waals surface area contributed by atoms with E-state index in [9.17, 15) is 9.36 Å². The third-order valence-corrected chi connectivity index (χ3v) is 4.66. The highest BCUT2D eigenvalue weighted by molar-refractivity contribution is 7.53. The second kappa shape index (κ2) is 9.37. The summed E-state index contributed by atoms with van der Waals surface area (Å²) in [5.74, 6) is -0.510. The Morgan fingerprint density at radius 2 is 1.96 bits per heavy atom. The van der Waals surface area contributed by atoms with Gasteiger partial charge in [0, 0.05) is 10.5 Å². The van der Waals surface area contributed by atoms with Crippen molar-refractivity contribution in [2.24, 2.45) is 5.11 Å². The first-order chi connectivity index (χ1) is 11.0. The molecule has 0 amide bonds. The third kappa shape index (κ3) is 5.73. The zero-order valence-corrected chi connectivity index (χ0v) is 14.2. The molecule has 1 aromatic rings. The zero-order chi connectivity index (χ0) is 17.3. The predicted molar refractivity (Wildman–Crippen MR) is 82.1 cm³/mol. The average molecular weight is 345 g/mol. The van der Waals surface area contributed by atoms with E-state index in [2.05, 4.69) is 10.0 Å². The lowest BCUT2D eigenvalue weighted by Gasteiger charge is -2.16. The molecule has 0 aliphatic heterocycles. The van der Waals surface area contributed by atoms with E-state index in [1.54, 1.807) is 20.8 Å². The quantitative estimate of drug-likeness (QED) is 0.207.